The Labute approximate surface area is 278 Å². The zero-order chi connectivity index (χ0) is 36.2. The topological polar surface area (TPSA) is 252 Å². The summed E-state index contributed by atoms with van der Waals surface area (Å²) in [7, 11) is 5.88. The summed E-state index contributed by atoms with van der Waals surface area (Å²) in [6.07, 6.45) is -18.8. The van der Waals surface area contributed by atoms with Gasteiger partial charge in [0.05, 0.1) is 19.3 Å². The van der Waals surface area contributed by atoms with Gasteiger partial charge in [0, 0.05) is 46.3 Å². The van der Waals surface area contributed by atoms with Crippen LogP contribution in [0.1, 0.15) is 32.4 Å². The van der Waals surface area contributed by atoms with Crippen LogP contribution in [0.15, 0.2) is 18.2 Å². The molecule has 2 aliphatic heterocycles. The molecule has 2 fully saturated rings. The van der Waals surface area contributed by atoms with E-state index in [9.17, 15) is 50.4 Å². The van der Waals surface area contributed by atoms with Gasteiger partial charge in [-0.15, -0.1) is 0 Å². The highest BCUT2D eigenvalue weighted by Gasteiger charge is 2.52. The first-order chi connectivity index (χ1) is 22.3. The third-order valence-electron chi connectivity index (χ3n) is 7.95. The van der Waals surface area contributed by atoms with E-state index in [1.807, 2.05) is 0 Å². The fourth-order valence-corrected chi connectivity index (χ4v) is 5.17. The minimum atomic E-state index is -1.82. The van der Waals surface area contributed by atoms with Gasteiger partial charge in [-0.1, -0.05) is 0 Å². The Kier molecular flexibility index (Phi) is 13.5. The van der Waals surface area contributed by atoms with Crippen LogP contribution in [0.2, 0.25) is 0 Å². The predicted molar refractivity (Wildman–Crippen MR) is 164 cm³/mol. The Morgan fingerprint density at radius 2 is 1.29 bits per heavy atom. The first kappa shape index (κ1) is 39.7. The smallest absolute Gasteiger partial charge is 0.410 e. The van der Waals surface area contributed by atoms with Crippen LogP contribution >= 0.6 is 0 Å². The van der Waals surface area contributed by atoms with Crippen molar-refractivity contribution in [2.45, 2.75) is 93.8 Å². The van der Waals surface area contributed by atoms with Crippen LogP contribution < -0.4 is 9.47 Å². The summed E-state index contributed by atoms with van der Waals surface area (Å²) < 4.78 is 27.7. The summed E-state index contributed by atoms with van der Waals surface area (Å²) >= 11 is 0. The van der Waals surface area contributed by atoms with E-state index in [1.165, 1.54) is 61.1 Å². The molecular formula is C30H49N3O15. The van der Waals surface area contributed by atoms with Crippen LogP contribution in [-0.2, 0) is 14.2 Å². The van der Waals surface area contributed by atoms with Crippen molar-refractivity contribution in [1.29, 1.82) is 0 Å². The quantitative estimate of drug-likeness (QED) is 0.127. The second kappa shape index (κ2) is 16.3. The maximum Gasteiger partial charge on any atom is 0.414 e. The maximum atomic E-state index is 12.3. The Hall–Kier alpha value is -2.72. The lowest BCUT2D eigenvalue weighted by molar-refractivity contribution is -0.351. The third-order valence-corrected chi connectivity index (χ3v) is 7.95. The molecule has 1 aromatic rings. The van der Waals surface area contributed by atoms with E-state index in [-0.39, 0.29) is 23.6 Å². The minimum absolute atomic E-state index is 0.0352. The van der Waals surface area contributed by atoms with Gasteiger partial charge in [0.15, 0.2) is 6.29 Å². The monoisotopic (exact) mass is 691 g/mol. The Morgan fingerprint density at radius 3 is 1.75 bits per heavy atom. The molecule has 0 radical (unpaired) electrons. The van der Waals surface area contributed by atoms with Crippen molar-refractivity contribution in [2.75, 3.05) is 47.9 Å². The van der Waals surface area contributed by atoms with Crippen LogP contribution in [0.25, 0.3) is 0 Å². The average Bonchev–Trinajstić information content (AvgIpc) is 3.01. The number of benzene rings is 1. The Bertz CT molecular complexity index is 1190. The second-order valence-electron chi connectivity index (χ2n) is 13.1. The lowest BCUT2D eigenvalue weighted by Gasteiger charge is -2.51. The molecule has 18 heteroatoms. The number of ether oxygens (including phenoxy) is 5. The van der Waals surface area contributed by atoms with Gasteiger partial charge in [-0.2, -0.15) is 0 Å². The first-order valence-electron chi connectivity index (χ1n) is 15.3. The standard InChI is InChI=1S/C30H49N3O15/c1-30(2,3)33(11-17(36)14-8-15(44-28(42)31(4)5)10-16(9-14)45-29(43)32(6)7)26-23(40)22(39)25(19(13-35)46-26)48-27-24(41)21(38)20(37)18(12-34)47-27/h8-10,17-27,34-41H,11-13H2,1-7H3/t17?,18-,19-,20+,21+,22-,23-,24-,25-,26?,27+/m1/s1. The van der Waals surface area contributed by atoms with E-state index in [0.717, 1.165) is 0 Å². The van der Waals surface area contributed by atoms with Gasteiger partial charge in [0.1, 0.15) is 66.6 Å². The minimum Gasteiger partial charge on any atom is -0.410 e. The SMILES string of the molecule is CN(C)C(=O)Oc1cc(OC(=O)N(C)C)cc(C(O)CN(C2O[C@H](CO)[C@@H](O[C@@H]3O[C@H](CO)[C@H](O)[C@H](O)[C@H]3O)[C@H](O)[C@H]2O)C(C)(C)C)c1. The summed E-state index contributed by atoms with van der Waals surface area (Å²) in [6, 6.07) is 4.04. The summed E-state index contributed by atoms with van der Waals surface area (Å²) in [5, 5.41) is 84.3. The van der Waals surface area contributed by atoms with Gasteiger partial charge in [-0.05, 0) is 38.5 Å². The number of β-amino-alcohol motifs (C(OH)–C–C–N with tert-alkyl or cyclic N) is 1. The molecule has 0 spiro atoms. The summed E-state index contributed by atoms with van der Waals surface area (Å²) in [5.74, 6) is -0.0703. The molecule has 2 saturated heterocycles. The van der Waals surface area contributed by atoms with Gasteiger partial charge in [0.2, 0.25) is 0 Å². The average molecular weight is 692 g/mol. The van der Waals surface area contributed by atoms with Crippen LogP contribution in [0.4, 0.5) is 9.59 Å². The van der Waals surface area contributed by atoms with Gasteiger partial charge in [0.25, 0.3) is 0 Å². The molecular weight excluding hydrogens is 642 g/mol. The van der Waals surface area contributed by atoms with Crippen molar-refractivity contribution in [3.05, 3.63) is 23.8 Å². The molecule has 274 valence electrons. The highest BCUT2D eigenvalue weighted by atomic mass is 16.7. The molecule has 0 aromatic heterocycles. The molecule has 0 bridgehead atoms. The Morgan fingerprint density at radius 1 is 0.771 bits per heavy atom. The van der Waals surface area contributed by atoms with Crippen molar-refractivity contribution in [3.8, 4) is 11.5 Å². The fourth-order valence-electron chi connectivity index (χ4n) is 5.17. The number of hydrogen-bond donors (Lipinski definition) is 8. The summed E-state index contributed by atoms with van der Waals surface area (Å²) in [6.45, 7) is 3.49. The van der Waals surface area contributed by atoms with Crippen LogP contribution in [0, 0.1) is 0 Å². The molecule has 0 saturated carbocycles. The van der Waals surface area contributed by atoms with E-state index in [0.29, 0.717) is 0 Å². The van der Waals surface area contributed by atoms with E-state index >= 15 is 0 Å². The molecule has 18 nitrogen and oxygen atoms in total. The molecule has 2 unspecified atom stereocenters. The van der Waals surface area contributed by atoms with E-state index in [1.54, 1.807) is 20.8 Å². The number of carbonyl (C=O) groups excluding carboxylic acids is 2. The van der Waals surface area contributed by atoms with Crippen molar-refractivity contribution in [1.82, 2.24) is 14.7 Å². The summed E-state index contributed by atoms with van der Waals surface area (Å²) in [5.41, 5.74) is -0.713. The molecule has 1 aromatic carbocycles. The van der Waals surface area contributed by atoms with Crippen LogP contribution in [0.5, 0.6) is 11.5 Å². The van der Waals surface area contributed by atoms with E-state index in [2.05, 4.69) is 0 Å². The van der Waals surface area contributed by atoms with Crippen molar-refractivity contribution >= 4 is 12.2 Å². The number of hydrogen-bond acceptors (Lipinski definition) is 16. The fraction of sp³-hybridized carbons (Fsp3) is 0.733. The number of aliphatic hydroxyl groups is 8. The number of aliphatic hydroxyl groups excluding tert-OH is 8. The van der Waals surface area contributed by atoms with E-state index < -0.39 is 98.4 Å². The van der Waals surface area contributed by atoms with Crippen molar-refractivity contribution in [3.63, 3.8) is 0 Å². The Balaban J connectivity index is 1.89. The van der Waals surface area contributed by atoms with Crippen molar-refractivity contribution < 1.29 is 74.1 Å². The molecule has 8 N–H and O–H groups in total. The normalized spacial score (nSPS) is 31.7. The molecule has 2 amide bonds. The van der Waals surface area contributed by atoms with E-state index in [4.69, 9.17) is 23.7 Å². The molecule has 2 aliphatic rings. The van der Waals surface area contributed by atoms with Gasteiger partial charge in [-0.3, -0.25) is 4.90 Å². The van der Waals surface area contributed by atoms with Crippen molar-refractivity contribution in [2.24, 2.45) is 0 Å². The number of amides is 2. The van der Waals surface area contributed by atoms with Crippen LogP contribution in [-0.4, -0.2) is 183 Å². The van der Waals surface area contributed by atoms with Gasteiger partial charge < -0.3 is 74.3 Å². The van der Waals surface area contributed by atoms with Crippen LogP contribution in [0.3, 0.4) is 0 Å². The van der Waals surface area contributed by atoms with Gasteiger partial charge in [-0.25, -0.2) is 9.59 Å². The lowest BCUT2D eigenvalue weighted by atomic mass is 9.93. The molecule has 11 atom stereocenters. The molecule has 2 heterocycles. The highest BCUT2D eigenvalue weighted by molar-refractivity contribution is 5.72. The number of rotatable bonds is 10. The second-order valence-corrected chi connectivity index (χ2v) is 13.1. The predicted octanol–water partition coefficient (Wildman–Crippen LogP) is -2.43. The molecule has 48 heavy (non-hydrogen) atoms. The zero-order valence-corrected chi connectivity index (χ0v) is 28.0. The largest absolute Gasteiger partial charge is 0.414 e. The molecule has 3 rings (SSSR count). The molecule has 0 aliphatic carbocycles. The lowest BCUT2D eigenvalue weighted by Crippen LogP contribution is -2.68. The highest BCUT2D eigenvalue weighted by Crippen LogP contribution is 2.35. The zero-order valence-electron chi connectivity index (χ0n) is 28.0. The maximum absolute atomic E-state index is 12.3. The number of carbonyl (C=O) groups is 2. The summed E-state index contributed by atoms with van der Waals surface area (Å²) in [4.78, 5) is 28.4. The first-order valence-corrected chi connectivity index (χ1v) is 15.3. The number of nitrogens with zero attached hydrogens (tertiary/aromatic N) is 3. The van der Waals surface area contributed by atoms with Gasteiger partial charge >= 0.3 is 12.2 Å². The third kappa shape index (κ3) is 9.29.